The molecular weight excluding hydrogens is 252 g/mol. The summed E-state index contributed by atoms with van der Waals surface area (Å²) in [5.74, 6) is -1.32. The predicted octanol–water partition coefficient (Wildman–Crippen LogP) is 0.374. The number of carbonyl (C=O) groups excluding carboxylic acids is 1. The van der Waals surface area contributed by atoms with Gasteiger partial charge in [0.15, 0.2) is 6.04 Å². The number of nitrogens with one attached hydrogen (secondary N) is 1. The van der Waals surface area contributed by atoms with Crippen molar-refractivity contribution in [2.24, 2.45) is 0 Å². The second kappa shape index (κ2) is 6.60. The van der Waals surface area contributed by atoms with Crippen LogP contribution in [0.15, 0.2) is 24.3 Å². The Hall–Kier alpha value is -2.28. The molecule has 0 saturated carbocycles. The highest BCUT2D eigenvalue weighted by atomic mass is 16.4. The number of aliphatic hydroxyl groups is 1. The molecule has 7 nitrogen and oxygen atoms in total. The van der Waals surface area contributed by atoms with E-state index in [1.54, 1.807) is 19.1 Å². The lowest BCUT2D eigenvalue weighted by atomic mass is 10.2. The van der Waals surface area contributed by atoms with Gasteiger partial charge in [0.2, 0.25) is 0 Å². The predicted molar refractivity (Wildman–Crippen MR) is 68.2 cm³/mol. The molecule has 1 atom stereocenters. The van der Waals surface area contributed by atoms with Crippen LogP contribution in [0.2, 0.25) is 0 Å². The number of phenolic OH excluding ortho intramolecular Hbond substituents is 1. The van der Waals surface area contributed by atoms with E-state index in [2.05, 4.69) is 5.32 Å². The smallest absolute Gasteiger partial charge is 0.328 e. The van der Waals surface area contributed by atoms with Crippen LogP contribution < -0.4 is 10.2 Å². The minimum Gasteiger partial charge on any atom is -0.508 e. The third-order valence-electron chi connectivity index (χ3n) is 2.48. The Morgan fingerprint density at radius 1 is 1.42 bits per heavy atom. The molecule has 1 aromatic rings. The Labute approximate surface area is 110 Å². The first-order valence-electron chi connectivity index (χ1n) is 5.70. The third kappa shape index (κ3) is 3.85. The molecule has 0 aliphatic rings. The molecule has 104 valence electrons. The molecule has 19 heavy (non-hydrogen) atoms. The lowest BCUT2D eigenvalue weighted by Gasteiger charge is -2.23. The van der Waals surface area contributed by atoms with Crippen molar-refractivity contribution in [3.05, 3.63) is 24.3 Å². The second-order valence-corrected chi connectivity index (χ2v) is 3.79. The number of nitrogens with zero attached hydrogens (tertiary/aromatic N) is 1. The summed E-state index contributed by atoms with van der Waals surface area (Å²) >= 11 is 0. The van der Waals surface area contributed by atoms with Crippen LogP contribution in [0.4, 0.5) is 10.5 Å². The molecule has 4 N–H and O–H groups in total. The number of carbonyl (C=O) groups is 2. The summed E-state index contributed by atoms with van der Waals surface area (Å²) in [6.07, 6.45) is 0. The average molecular weight is 268 g/mol. The molecule has 2 amide bonds. The van der Waals surface area contributed by atoms with Crippen LogP contribution in [0, 0.1) is 0 Å². The molecule has 0 aliphatic carbocycles. The molecular formula is C12H16N2O5. The highest BCUT2D eigenvalue weighted by molar-refractivity contribution is 5.94. The summed E-state index contributed by atoms with van der Waals surface area (Å²) in [5, 5.41) is 29.2. The van der Waals surface area contributed by atoms with Crippen molar-refractivity contribution < 1.29 is 24.9 Å². The fraction of sp³-hybridized carbons (Fsp3) is 0.333. The number of phenols is 1. The number of amides is 2. The summed E-state index contributed by atoms with van der Waals surface area (Å²) in [5.41, 5.74) is 0.432. The van der Waals surface area contributed by atoms with Crippen molar-refractivity contribution in [2.45, 2.75) is 13.0 Å². The van der Waals surface area contributed by atoms with E-state index >= 15 is 0 Å². The number of anilines is 1. The number of aliphatic carboxylic acids is 1. The Morgan fingerprint density at radius 3 is 2.58 bits per heavy atom. The van der Waals surface area contributed by atoms with Crippen LogP contribution in [-0.2, 0) is 4.79 Å². The molecule has 0 spiro atoms. The molecule has 0 unspecified atom stereocenters. The van der Waals surface area contributed by atoms with Crippen LogP contribution in [0.1, 0.15) is 6.92 Å². The quantitative estimate of drug-likeness (QED) is 0.617. The van der Waals surface area contributed by atoms with Gasteiger partial charge in [-0.2, -0.15) is 0 Å². The van der Waals surface area contributed by atoms with Crippen LogP contribution in [0.3, 0.4) is 0 Å². The van der Waals surface area contributed by atoms with E-state index in [1.165, 1.54) is 17.0 Å². The maximum Gasteiger partial charge on any atom is 0.328 e. The first-order valence-corrected chi connectivity index (χ1v) is 5.70. The van der Waals surface area contributed by atoms with Crippen LogP contribution >= 0.6 is 0 Å². The van der Waals surface area contributed by atoms with Crippen LogP contribution in [0.25, 0.3) is 0 Å². The van der Waals surface area contributed by atoms with Crippen molar-refractivity contribution in [2.75, 3.05) is 18.1 Å². The number of rotatable bonds is 5. The lowest BCUT2D eigenvalue weighted by Crippen LogP contribution is -2.49. The van der Waals surface area contributed by atoms with Crippen molar-refractivity contribution >= 4 is 17.7 Å². The maximum absolute atomic E-state index is 11.9. The molecule has 0 fully saturated rings. The molecule has 1 rings (SSSR count). The summed E-state index contributed by atoms with van der Waals surface area (Å²) in [6.45, 7) is 1.30. The first kappa shape index (κ1) is 14.8. The van der Waals surface area contributed by atoms with E-state index in [9.17, 15) is 14.7 Å². The molecule has 1 aromatic carbocycles. The minimum atomic E-state index is -1.36. The summed E-state index contributed by atoms with van der Waals surface area (Å²) in [6, 6.07) is 4.01. The van der Waals surface area contributed by atoms with Gasteiger partial charge >= 0.3 is 12.0 Å². The topological polar surface area (TPSA) is 110 Å². The SMILES string of the molecule is CCN(C(=O)N[C@@H](CO)C(=O)O)c1cccc(O)c1. The van der Waals surface area contributed by atoms with E-state index in [0.29, 0.717) is 5.69 Å². The number of carboxylic acid groups (broad SMARTS) is 1. The van der Waals surface area contributed by atoms with Gasteiger partial charge in [0.1, 0.15) is 5.75 Å². The Bertz CT molecular complexity index is 463. The monoisotopic (exact) mass is 268 g/mol. The fourth-order valence-electron chi connectivity index (χ4n) is 1.52. The van der Waals surface area contributed by atoms with Crippen LogP contribution in [0.5, 0.6) is 5.75 Å². The van der Waals surface area contributed by atoms with Gasteiger partial charge in [0.25, 0.3) is 0 Å². The molecule has 0 aromatic heterocycles. The van der Waals surface area contributed by atoms with Crippen molar-refractivity contribution in [1.82, 2.24) is 5.32 Å². The van der Waals surface area contributed by atoms with E-state index in [0.717, 1.165) is 0 Å². The van der Waals surface area contributed by atoms with Gasteiger partial charge in [-0.05, 0) is 19.1 Å². The summed E-state index contributed by atoms with van der Waals surface area (Å²) < 4.78 is 0. The van der Waals surface area contributed by atoms with Crippen molar-refractivity contribution in [1.29, 1.82) is 0 Å². The number of aromatic hydroxyl groups is 1. The maximum atomic E-state index is 11.9. The number of urea groups is 1. The summed E-state index contributed by atoms with van der Waals surface area (Å²) in [7, 11) is 0. The number of aliphatic hydroxyl groups excluding tert-OH is 1. The Balaban J connectivity index is 2.85. The largest absolute Gasteiger partial charge is 0.508 e. The molecule has 0 bridgehead atoms. The van der Waals surface area contributed by atoms with E-state index < -0.39 is 24.6 Å². The Kier molecular flexibility index (Phi) is 5.13. The van der Waals surface area contributed by atoms with Crippen molar-refractivity contribution in [3.8, 4) is 5.75 Å². The molecule has 0 radical (unpaired) electrons. The standard InChI is InChI=1S/C12H16N2O5/c1-2-14(8-4-3-5-9(16)6-8)12(19)13-10(7-15)11(17)18/h3-6,10,15-16H,2,7H2,1H3,(H,13,19)(H,17,18)/t10-/m0/s1. The molecule has 0 saturated heterocycles. The Morgan fingerprint density at radius 2 is 2.11 bits per heavy atom. The first-order chi connectivity index (χ1) is 8.99. The van der Waals surface area contributed by atoms with Gasteiger partial charge in [0, 0.05) is 18.3 Å². The summed E-state index contributed by atoms with van der Waals surface area (Å²) in [4.78, 5) is 23.9. The third-order valence-corrected chi connectivity index (χ3v) is 2.48. The average Bonchev–Trinajstić information content (AvgIpc) is 2.36. The minimum absolute atomic E-state index is 0.000641. The van der Waals surface area contributed by atoms with Gasteiger partial charge in [-0.25, -0.2) is 9.59 Å². The van der Waals surface area contributed by atoms with Crippen molar-refractivity contribution in [3.63, 3.8) is 0 Å². The zero-order chi connectivity index (χ0) is 14.4. The zero-order valence-corrected chi connectivity index (χ0v) is 10.4. The van der Waals surface area contributed by atoms with Gasteiger partial charge in [-0.15, -0.1) is 0 Å². The highest BCUT2D eigenvalue weighted by Gasteiger charge is 2.22. The van der Waals surface area contributed by atoms with E-state index in [-0.39, 0.29) is 12.3 Å². The van der Waals surface area contributed by atoms with Gasteiger partial charge in [0.05, 0.1) is 6.61 Å². The van der Waals surface area contributed by atoms with E-state index in [1.807, 2.05) is 0 Å². The number of benzene rings is 1. The zero-order valence-electron chi connectivity index (χ0n) is 10.4. The lowest BCUT2D eigenvalue weighted by molar-refractivity contribution is -0.140. The number of hydrogen-bond donors (Lipinski definition) is 4. The fourth-order valence-corrected chi connectivity index (χ4v) is 1.52. The normalized spacial score (nSPS) is 11.7. The molecule has 7 heteroatoms. The number of carboxylic acids is 1. The van der Waals surface area contributed by atoms with Gasteiger partial charge in [-0.3, -0.25) is 4.90 Å². The van der Waals surface area contributed by atoms with Crippen LogP contribution in [-0.4, -0.2) is 46.5 Å². The second-order valence-electron chi connectivity index (χ2n) is 3.79. The molecule has 0 aliphatic heterocycles. The molecule has 0 heterocycles. The number of hydrogen-bond acceptors (Lipinski definition) is 4. The highest BCUT2D eigenvalue weighted by Crippen LogP contribution is 2.19. The van der Waals surface area contributed by atoms with Gasteiger partial charge < -0.3 is 20.6 Å². The van der Waals surface area contributed by atoms with Gasteiger partial charge in [-0.1, -0.05) is 6.07 Å². The van der Waals surface area contributed by atoms with E-state index in [4.69, 9.17) is 10.2 Å².